The van der Waals surface area contributed by atoms with Crippen LogP contribution in [0.15, 0.2) is 41.3 Å². The average Bonchev–Trinajstić information content (AvgIpc) is 2.75. The van der Waals surface area contributed by atoms with E-state index in [4.69, 9.17) is 5.11 Å². The Morgan fingerprint density at radius 2 is 2.00 bits per heavy atom. The number of carboxylic acid groups (broad SMARTS) is 1. The van der Waals surface area contributed by atoms with Gasteiger partial charge in [0.1, 0.15) is 5.52 Å². The minimum absolute atomic E-state index is 0.104. The van der Waals surface area contributed by atoms with E-state index in [1.807, 2.05) is 18.2 Å². The van der Waals surface area contributed by atoms with E-state index in [2.05, 4.69) is 4.98 Å². The van der Waals surface area contributed by atoms with Crippen LogP contribution in [-0.4, -0.2) is 20.5 Å². The minimum atomic E-state index is -1.04. The van der Waals surface area contributed by atoms with Crippen LogP contribution in [0.4, 0.5) is 0 Å². The molecule has 0 aliphatic rings. The van der Waals surface area contributed by atoms with Crippen molar-refractivity contribution < 1.29 is 9.90 Å². The first-order chi connectivity index (χ1) is 8.16. The molecule has 0 saturated heterocycles. The number of hydrogen-bond donors (Lipinski definition) is 2. The topological polar surface area (TPSA) is 74.6 Å². The van der Waals surface area contributed by atoms with Crippen LogP contribution in [0.3, 0.4) is 0 Å². The van der Waals surface area contributed by atoms with Gasteiger partial charge in [-0.1, -0.05) is 12.1 Å². The van der Waals surface area contributed by atoms with E-state index in [1.54, 1.807) is 10.5 Å². The number of aromatic nitrogens is 2. The highest BCUT2D eigenvalue weighted by molar-refractivity contribution is 5.91. The molecule has 0 atom stereocenters. The first kappa shape index (κ1) is 9.65. The van der Waals surface area contributed by atoms with Gasteiger partial charge in [-0.05, 0) is 18.2 Å². The number of nitrogens with zero attached hydrogens (tertiary/aromatic N) is 1. The molecule has 3 rings (SSSR count). The monoisotopic (exact) mass is 228 g/mol. The van der Waals surface area contributed by atoms with Gasteiger partial charge in [0.05, 0.1) is 16.6 Å². The number of carboxylic acids is 1. The van der Waals surface area contributed by atoms with Gasteiger partial charge in [0.25, 0.3) is 5.56 Å². The first-order valence-electron chi connectivity index (χ1n) is 5.03. The Bertz CT molecular complexity index is 798. The molecule has 0 aliphatic carbocycles. The normalized spacial score (nSPS) is 11.1. The van der Waals surface area contributed by atoms with Crippen molar-refractivity contribution >= 4 is 22.5 Å². The number of aromatic carboxylic acids is 1. The Balaban J connectivity index is 2.56. The Labute approximate surface area is 94.9 Å². The fourth-order valence-corrected chi connectivity index (χ4v) is 1.93. The Hall–Kier alpha value is -2.56. The SMILES string of the molecule is O=C(O)c1cc2c(=O)[nH]c3ccccc3n2c1. The summed E-state index contributed by atoms with van der Waals surface area (Å²) in [4.78, 5) is 25.4. The van der Waals surface area contributed by atoms with Crippen LogP contribution in [0.5, 0.6) is 0 Å². The van der Waals surface area contributed by atoms with Gasteiger partial charge in [0.15, 0.2) is 0 Å². The molecule has 0 radical (unpaired) electrons. The second-order valence-corrected chi connectivity index (χ2v) is 3.76. The highest BCUT2D eigenvalue weighted by Crippen LogP contribution is 2.14. The summed E-state index contributed by atoms with van der Waals surface area (Å²) in [5, 5.41) is 8.92. The van der Waals surface area contributed by atoms with Gasteiger partial charge in [-0.25, -0.2) is 4.79 Å². The average molecular weight is 228 g/mol. The quantitative estimate of drug-likeness (QED) is 0.662. The summed E-state index contributed by atoms with van der Waals surface area (Å²) >= 11 is 0. The predicted molar refractivity (Wildman–Crippen MR) is 62.5 cm³/mol. The summed E-state index contributed by atoms with van der Waals surface area (Å²) in [6.45, 7) is 0. The molecule has 5 nitrogen and oxygen atoms in total. The molecular formula is C12H8N2O3. The van der Waals surface area contributed by atoms with Crippen molar-refractivity contribution in [2.75, 3.05) is 0 Å². The first-order valence-corrected chi connectivity index (χ1v) is 5.03. The van der Waals surface area contributed by atoms with Gasteiger partial charge in [-0.15, -0.1) is 0 Å². The summed E-state index contributed by atoms with van der Waals surface area (Å²) in [6.07, 6.45) is 1.45. The summed E-state index contributed by atoms with van der Waals surface area (Å²) in [5.41, 5.74) is 1.59. The van der Waals surface area contributed by atoms with Crippen LogP contribution in [0, 0.1) is 0 Å². The zero-order chi connectivity index (χ0) is 12.0. The predicted octanol–water partition coefficient (Wildman–Crippen LogP) is 1.48. The van der Waals surface area contributed by atoms with Crippen molar-refractivity contribution in [3.63, 3.8) is 0 Å². The van der Waals surface area contributed by atoms with Gasteiger partial charge >= 0.3 is 5.97 Å². The van der Waals surface area contributed by atoms with Crippen molar-refractivity contribution in [1.82, 2.24) is 9.38 Å². The molecule has 0 saturated carbocycles. The van der Waals surface area contributed by atoms with E-state index in [0.29, 0.717) is 11.0 Å². The number of H-pyrrole nitrogens is 1. The number of para-hydroxylation sites is 2. The van der Waals surface area contributed by atoms with Gasteiger partial charge in [-0.3, -0.25) is 4.79 Å². The van der Waals surface area contributed by atoms with E-state index < -0.39 is 5.97 Å². The summed E-state index contributed by atoms with van der Waals surface area (Å²) < 4.78 is 1.59. The van der Waals surface area contributed by atoms with Crippen LogP contribution in [0.25, 0.3) is 16.6 Å². The molecule has 3 aromatic rings. The molecule has 0 spiro atoms. The van der Waals surface area contributed by atoms with Crippen molar-refractivity contribution in [3.8, 4) is 0 Å². The summed E-state index contributed by atoms with van der Waals surface area (Å²) in [6, 6.07) is 8.61. The fourth-order valence-electron chi connectivity index (χ4n) is 1.93. The molecule has 1 aromatic carbocycles. The number of hydrogen-bond acceptors (Lipinski definition) is 2. The van der Waals surface area contributed by atoms with Crippen molar-refractivity contribution in [1.29, 1.82) is 0 Å². The van der Waals surface area contributed by atoms with Crippen LogP contribution in [0.2, 0.25) is 0 Å². The number of rotatable bonds is 1. The third kappa shape index (κ3) is 1.32. The molecule has 0 unspecified atom stereocenters. The number of carbonyl (C=O) groups is 1. The molecule has 2 heterocycles. The van der Waals surface area contributed by atoms with E-state index >= 15 is 0 Å². The van der Waals surface area contributed by atoms with Crippen LogP contribution < -0.4 is 5.56 Å². The lowest BCUT2D eigenvalue weighted by Crippen LogP contribution is -2.09. The highest BCUT2D eigenvalue weighted by Gasteiger charge is 2.10. The highest BCUT2D eigenvalue weighted by atomic mass is 16.4. The lowest BCUT2D eigenvalue weighted by molar-refractivity contribution is 0.0697. The van der Waals surface area contributed by atoms with Crippen LogP contribution in [0.1, 0.15) is 10.4 Å². The smallest absolute Gasteiger partial charge is 0.337 e. The Morgan fingerprint density at radius 3 is 2.76 bits per heavy atom. The van der Waals surface area contributed by atoms with Crippen molar-refractivity contribution in [2.24, 2.45) is 0 Å². The molecule has 17 heavy (non-hydrogen) atoms. The minimum Gasteiger partial charge on any atom is -0.478 e. The lowest BCUT2D eigenvalue weighted by atomic mass is 10.3. The van der Waals surface area contributed by atoms with Gasteiger partial charge in [0, 0.05) is 6.20 Å². The van der Waals surface area contributed by atoms with Crippen molar-refractivity contribution in [2.45, 2.75) is 0 Å². The molecule has 0 aliphatic heterocycles. The molecule has 2 N–H and O–H groups in total. The largest absolute Gasteiger partial charge is 0.478 e. The zero-order valence-electron chi connectivity index (χ0n) is 8.68. The van der Waals surface area contributed by atoms with Crippen LogP contribution in [-0.2, 0) is 0 Å². The van der Waals surface area contributed by atoms with E-state index in [9.17, 15) is 9.59 Å². The second kappa shape index (κ2) is 3.21. The van der Waals surface area contributed by atoms with Gasteiger partial charge < -0.3 is 14.5 Å². The molecule has 5 heteroatoms. The Kier molecular flexibility index (Phi) is 1.82. The molecule has 0 amide bonds. The number of aromatic amines is 1. The Morgan fingerprint density at radius 1 is 1.24 bits per heavy atom. The fraction of sp³-hybridized carbons (Fsp3) is 0. The molecule has 2 aromatic heterocycles. The summed E-state index contributed by atoms with van der Waals surface area (Å²) in [5.74, 6) is -1.04. The van der Waals surface area contributed by atoms with Crippen LogP contribution >= 0.6 is 0 Å². The maximum Gasteiger partial charge on any atom is 0.337 e. The summed E-state index contributed by atoms with van der Waals surface area (Å²) in [7, 11) is 0. The third-order valence-corrected chi connectivity index (χ3v) is 2.71. The van der Waals surface area contributed by atoms with E-state index in [-0.39, 0.29) is 11.1 Å². The van der Waals surface area contributed by atoms with E-state index in [0.717, 1.165) is 5.52 Å². The number of fused-ring (bicyclic) bond motifs is 3. The maximum atomic E-state index is 11.8. The zero-order valence-corrected chi connectivity index (χ0v) is 8.68. The number of benzene rings is 1. The van der Waals surface area contributed by atoms with Crippen molar-refractivity contribution in [3.05, 3.63) is 52.4 Å². The standard InChI is InChI=1S/C12H8N2O3/c15-11-10-5-7(12(16)17)6-14(10)9-4-2-1-3-8(9)13-11/h1-6H,(H,13,15)(H,16,17). The number of nitrogens with one attached hydrogen (secondary N) is 1. The van der Waals surface area contributed by atoms with Gasteiger partial charge in [-0.2, -0.15) is 0 Å². The van der Waals surface area contributed by atoms with Gasteiger partial charge in [0.2, 0.25) is 0 Å². The molecule has 0 bridgehead atoms. The third-order valence-electron chi connectivity index (χ3n) is 2.71. The molecule has 0 fully saturated rings. The lowest BCUT2D eigenvalue weighted by Gasteiger charge is -2.00. The molecular weight excluding hydrogens is 220 g/mol. The molecule has 84 valence electrons. The van der Waals surface area contributed by atoms with E-state index in [1.165, 1.54) is 12.3 Å². The maximum absolute atomic E-state index is 11.8. The second-order valence-electron chi connectivity index (χ2n) is 3.76.